The van der Waals surface area contributed by atoms with E-state index in [1.54, 1.807) is 12.1 Å². The number of phenolic OH excluding ortho intramolecular Hbond substituents is 1. The van der Waals surface area contributed by atoms with Crippen molar-refractivity contribution in [1.82, 2.24) is 4.90 Å². The molecule has 1 unspecified atom stereocenters. The number of phenols is 1. The smallest absolute Gasteiger partial charge is 0.254 e. The molecule has 1 saturated carbocycles. The molecule has 21 heavy (non-hydrogen) atoms. The predicted octanol–water partition coefficient (Wildman–Crippen LogP) is 3.47. The van der Waals surface area contributed by atoms with Gasteiger partial charge in [-0.1, -0.05) is 13.0 Å². The molecule has 0 radical (unpaired) electrons. The highest BCUT2D eigenvalue weighted by Crippen LogP contribution is 2.34. The van der Waals surface area contributed by atoms with E-state index < -0.39 is 0 Å². The molecule has 3 rings (SSSR count). The topological polar surface area (TPSA) is 40.5 Å². The number of thiol groups is 1. The van der Waals surface area contributed by atoms with Crippen LogP contribution in [0.25, 0.3) is 0 Å². The van der Waals surface area contributed by atoms with Gasteiger partial charge < -0.3 is 10.0 Å². The third-order valence-electron chi connectivity index (χ3n) is 5.02. The van der Waals surface area contributed by atoms with Gasteiger partial charge in [-0.25, -0.2) is 0 Å². The molecule has 1 aliphatic carbocycles. The van der Waals surface area contributed by atoms with Crippen molar-refractivity contribution in [3.63, 3.8) is 0 Å². The highest BCUT2D eigenvalue weighted by molar-refractivity contribution is 7.80. The highest BCUT2D eigenvalue weighted by Gasteiger charge is 2.31. The molecular weight excluding hydrogens is 282 g/mol. The molecule has 1 atom stereocenters. The number of aromatic hydroxyl groups is 1. The number of nitrogens with zero attached hydrogens (tertiary/aromatic N) is 1. The van der Waals surface area contributed by atoms with E-state index in [0.29, 0.717) is 23.3 Å². The molecule has 1 aromatic carbocycles. The zero-order valence-electron chi connectivity index (χ0n) is 12.5. The second-order valence-electron chi connectivity index (χ2n) is 6.55. The van der Waals surface area contributed by atoms with Crippen LogP contribution in [-0.4, -0.2) is 27.7 Å². The first-order valence-corrected chi connectivity index (χ1v) is 8.35. The van der Waals surface area contributed by atoms with Gasteiger partial charge >= 0.3 is 0 Å². The molecule has 1 fully saturated rings. The number of carbonyl (C=O) groups excluding carboxylic acids is 1. The summed E-state index contributed by atoms with van der Waals surface area (Å²) in [5, 5.41) is 10.0. The van der Waals surface area contributed by atoms with Crippen molar-refractivity contribution in [2.45, 2.75) is 44.4 Å². The van der Waals surface area contributed by atoms with E-state index in [0.717, 1.165) is 18.0 Å². The minimum atomic E-state index is 0.0746. The molecule has 1 amide bonds. The fraction of sp³-hybridized carbons (Fsp3) is 0.588. The molecule has 1 N–H and O–H groups in total. The van der Waals surface area contributed by atoms with Crippen molar-refractivity contribution in [1.29, 1.82) is 0 Å². The fourth-order valence-corrected chi connectivity index (χ4v) is 3.96. The summed E-state index contributed by atoms with van der Waals surface area (Å²) in [6.07, 6.45) is 4.85. The number of amides is 1. The van der Waals surface area contributed by atoms with Crippen LogP contribution in [0.3, 0.4) is 0 Å². The average molecular weight is 305 g/mol. The largest absolute Gasteiger partial charge is 0.508 e. The predicted molar refractivity (Wildman–Crippen MR) is 86.7 cm³/mol. The second-order valence-corrected chi connectivity index (χ2v) is 7.36. The van der Waals surface area contributed by atoms with E-state index >= 15 is 0 Å². The summed E-state index contributed by atoms with van der Waals surface area (Å²) in [5.74, 6) is 1.59. The van der Waals surface area contributed by atoms with E-state index in [4.69, 9.17) is 0 Å². The van der Waals surface area contributed by atoms with Gasteiger partial charge in [0.15, 0.2) is 0 Å². The van der Waals surface area contributed by atoms with Crippen molar-refractivity contribution in [2.75, 3.05) is 6.54 Å². The van der Waals surface area contributed by atoms with Crippen LogP contribution in [0.5, 0.6) is 5.75 Å². The molecule has 1 heterocycles. The Bertz CT molecular complexity index is 536. The maximum absolute atomic E-state index is 12.4. The second kappa shape index (κ2) is 5.91. The van der Waals surface area contributed by atoms with Crippen molar-refractivity contribution >= 4 is 18.5 Å². The summed E-state index contributed by atoms with van der Waals surface area (Å²) in [6, 6.07) is 5.12. The first kappa shape index (κ1) is 14.8. The molecule has 3 nitrogen and oxygen atoms in total. The van der Waals surface area contributed by atoms with Gasteiger partial charge in [0.1, 0.15) is 5.75 Å². The van der Waals surface area contributed by atoms with Crippen LogP contribution < -0.4 is 0 Å². The molecular formula is C17H23NO2S. The lowest BCUT2D eigenvalue weighted by molar-refractivity contribution is 0.0729. The number of benzene rings is 1. The van der Waals surface area contributed by atoms with Gasteiger partial charge in [0, 0.05) is 23.9 Å². The molecule has 0 aromatic heterocycles. The van der Waals surface area contributed by atoms with Crippen LogP contribution in [-0.2, 0) is 6.54 Å². The molecule has 4 heteroatoms. The molecule has 1 aliphatic heterocycles. The van der Waals surface area contributed by atoms with Gasteiger partial charge in [-0.2, -0.15) is 12.6 Å². The normalized spacial score (nSPS) is 26.8. The summed E-state index contributed by atoms with van der Waals surface area (Å²) in [6.45, 7) is 3.72. The Morgan fingerprint density at radius 3 is 2.71 bits per heavy atom. The number of carbonyl (C=O) groups is 1. The summed E-state index contributed by atoms with van der Waals surface area (Å²) in [5.41, 5.74) is 1.71. The van der Waals surface area contributed by atoms with Crippen LogP contribution in [0.2, 0.25) is 0 Å². The molecule has 2 aliphatic rings. The quantitative estimate of drug-likeness (QED) is 0.840. The van der Waals surface area contributed by atoms with Crippen LogP contribution in [0.15, 0.2) is 18.2 Å². The first-order valence-electron chi connectivity index (χ1n) is 7.84. The van der Waals surface area contributed by atoms with Gasteiger partial charge in [0.25, 0.3) is 5.91 Å². The molecule has 1 aromatic rings. The number of rotatable bonds is 3. The zero-order valence-corrected chi connectivity index (χ0v) is 13.4. The lowest BCUT2D eigenvalue weighted by Crippen LogP contribution is -2.32. The Kier molecular flexibility index (Phi) is 4.16. The van der Waals surface area contributed by atoms with Crippen molar-refractivity contribution in [2.24, 2.45) is 11.8 Å². The zero-order chi connectivity index (χ0) is 15.0. The Hall–Kier alpha value is -1.16. The van der Waals surface area contributed by atoms with E-state index in [1.165, 1.54) is 25.7 Å². The van der Waals surface area contributed by atoms with Gasteiger partial charge in [-0.05, 0) is 55.2 Å². The maximum Gasteiger partial charge on any atom is 0.254 e. The standard InChI is InChI=1S/C17H23NO2S/c1-11(21)13-4-2-12(3-5-13)9-18-10-14-6-7-15(19)8-16(14)17(18)20/h6-8,11-13,19,21H,2-5,9-10H2,1H3. The Morgan fingerprint density at radius 1 is 1.33 bits per heavy atom. The molecule has 0 saturated heterocycles. The Labute approximate surface area is 131 Å². The first-order chi connectivity index (χ1) is 10.0. The third-order valence-corrected chi connectivity index (χ3v) is 5.45. The summed E-state index contributed by atoms with van der Waals surface area (Å²) >= 11 is 4.56. The number of fused-ring (bicyclic) bond motifs is 1. The van der Waals surface area contributed by atoms with Gasteiger partial charge in [-0.15, -0.1) is 0 Å². The third kappa shape index (κ3) is 3.05. The number of hydrogen-bond donors (Lipinski definition) is 2. The van der Waals surface area contributed by atoms with E-state index in [9.17, 15) is 9.90 Å². The number of hydrogen-bond acceptors (Lipinski definition) is 3. The van der Waals surface area contributed by atoms with Crippen LogP contribution in [0, 0.1) is 11.8 Å². The molecule has 114 valence electrons. The Balaban J connectivity index is 1.60. The monoisotopic (exact) mass is 305 g/mol. The van der Waals surface area contributed by atoms with E-state index in [1.807, 2.05) is 11.0 Å². The minimum Gasteiger partial charge on any atom is -0.508 e. The van der Waals surface area contributed by atoms with Crippen molar-refractivity contribution in [3.8, 4) is 5.75 Å². The summed E-state index contributed by atoms with van der Waals surface area (Å²) in [7, 11) is 0. The molecule has 0 bridgehead atoms. The average Bonchev–Trinajstić information content (AvgIpc) is 2.76. The van der Waals surface area contributed by atoms with Crippen LogP contribution in [0.1, 0.15) is 48.5 Å². The minimum absolute atomic E-state index is 0.0746. The van der Waals surface area contributed by atoms with Gasteiger partial charge in [-0.3, -0.25) is 4.79 Å². The van der Waals surface area contributed by atoms with Crippen molar-refractivity contribution in [3.05, 3.63) is 29.3 Å². The van der Waals surface area contributed by atoms with Gasteiger partial charge in [0.2, 0.25) is 0 Å². The lowest BCUT2D eigenvalue weighted by atomic mass is 9.80. The van der Waals surface area contributed by atoms with Crippen LogP contribution in [0.4, 0.5) is 0 Å². The van der Waals surface area contributed by atoms with E-state index in [-0.39, 0.29) is 11.7 Å². The lowest BCUT2D eigenvalue weighted by Gasteiger charge is -2.32. The SMILES string of the molecule is CC(S)C1CCC(CN2Cc3ccc(O)cc3C2=O)CC1. The summed E-state index contributed by atoms with van der Waals surface area (Å²) in [4.78, 5) is 14.3. The van der Waals surface area contributed by atoms with Crippen molar-refractivity contribution < 1.29 is 9.90 Å². The summed E-state index contributed by atoms with van der Waals surface area (Å²) < 4.78 is 0. The Morgan fingerprint density at radius 2 is 2.05 bits per heavy atom. The van der Waals surface area contributed by atoms with E-state index in [2.05, 4.69) is 19.6 Å². The highest BCUT2D eigenvalue weighted by atomic mass is 32.1. The van der Waals surface area contributed by atoms with Gasteiger partial charge in [0.05, 0.1) is 0 Å². The molecule has 0 spiro atoms. The fourth-order valence-electron chi connectivity index (χ4n) is 3.66. The maximum atomic E-state index is 12.4. The van der Waals surface area contributed by atoms with Crippen LogP contribution >= 0.6 is 12.6 Å².